The first-order valence-electron chi connectivity index (χ1n) is 15.7. The molecule has 3 unspecified atom stereocenters. The molecule has 5 rings (SSSR count). The molecule has 2 aromatic heterocycles. The molecule has 0 saturated heterocycles. The van der Waals surface area contributed by atoms with E-state index in [2.05, 4.69) is 35.8 Å². The van der Waals surface area contributed by atoms with Crippen LogP contribution in [0.25, 0.3) is 0 Å². The quantitative estimate of drug-likeness (QED) is 0.0558. The van der Waals surface area contributed by atoms with Gasteiger partial charge in [0.1, 0.15) is 10.8 Å². The van der Waals surface area contributed by atoms with Gasteiger partial charge in [-0.05, 0) is 60.2 Å². The Kier molecular flexibility index (Phi) is 12.6. The normalized spacial score (nSPS) is 13.1. The molecule has 2 heterocycles. The van der Waals surface area contributed by atoms with Gasteiger partial charge in [0.05, 0.1) is 12.1 Å². The summed E-state index contributed by atoms with van der Waals surface area (Å²) in [6.07, 6.45) is -6.38. The molecular formula is C35H33F3N6O6S. The number of nitrogens with one attached hydrogen (secondary N) is 2. The second-order valence-electron chi connectivity index (χ2n) is 11.2. The maximum absolute atomic E-state index is 12.8. The highest BCUT2D eigenvalue weighted by molar-refractivity contribution is 7.15. The average Bonchev–Trinajstić information content (AvgIpc) is 3.56. The third kappa shape index (κ3) is 11.6. The molecule has 0 radical (unpaired) electrons. The number of anilines is 2. The van der Waals surface area contributed by atoms with E-state index in [0.29, 0.717) is 40.4 Å². The number of hydrogen-bond acceptors (Lipinski definition) is 12. The number of aromatic nitrogens is 4. The molecule has 0 saturated carbocycles. The fourth-order valence-electron chi connectivity index (χ4n) is 4.90. The molecule has 0 bridgehead atoms. The van der Waals surface area contributed by atoms with E-state index in [4.69, 9.17) is 4.74 Å². The number of aliphatic hydroxyl groups is 2. The topological polar surface area (TPSA) is 169 Å². The summed E-state index contributed by atoms with van der Waals surface area (Å²) in [6.45, 7) is 0. The summed E-state index contributed by atoms with van der Waals surface area (Å²) in [6, 6.07) is 25.5. The molecule has 0 spiro atoms. The van der Waals surface area contributed by atoms with Crippen molar-refractivity contribution in [3.63, 3.8) is 0 Å². The van der Waals surface area contributed by atoms with Gasteiger partial charge in [-0.1, -0.05) is 84.1 Å². The number of amides is 1. The molecule has 0 aliphatic rings. The molecule has 16 heteroatoms. The van der Waals surface area contributed by atoms with Gasteiger partial charge >= 0.3 is 12.3 Å². The zero-order valence-corrected chi connectivity index (χ0v) is 27.7. The Morgan fingerprint density at radius 3 is 2.20 bits per heavy atom. The maximum atomic E-state index is 12.8. The van der Waals surface area contributed by atoms with E-state index in [1.165, 1.54) is 23.5 Å². The van der Waals surface area contributed by atoms with Gasteiger partial charge in [0.15, 0.2) is 24.3 Å². The minimum atomic E-state index is -4.83. The van der Waals surface area contributed by atoms with Crippen molar-refractivity contribution >= 4 is 34.2 Å². The Bertz CT molecular complexity index is 1870. The van der Waals surface area contributed by atoms with Gasteiger partial charge in [-0.2, -0.15) is 5.10 Å². The van der Waals surface area contributed by atoms with Crippen LogP contribution >= 0.6 is 11.3 Å². The molecule has 3 atom stereocenters. The monoisotopic (exact) mass is 722 g/mol. The van der Waals surface area contributed by atoms with Crippen molar-refractivity contribution in [2.24, 2.45) is 0 Å². The van der Waals surface area contributed by atoms with E-state index in [0.717, 1.165) is 30.0 Å². The molecule has 5 aromatic rings. The second kappa shape index (κ2) is 17.5. The third-order valence-electron chi connectivity index (χ3n) is 7.29. The Hall–Kier alpha value is -5.45. The van der Waals surface area contributed by atoms with Crippen molar-refractivity contribution in [3.8, 4) is 5.75 Å². The largest absolute Gasteiger partial charge is 0.573 e. The zero-order chi connectivity index (χ0) is 36.2. The summed E-state index contributed by atoms with van der Waals surface area (Å²) in [5.74, 6) is -1.59. The molecule has 0 aliphatic heterocycles. The molecule has 0 fully saturated rings. The fraction of sp³-hybridized carbons (Fsp3) is 0.257. The van der Waals surface area contributed by atoms with Crippen LogP contribution in [0.2, 0.25) is 0 Å². The summed E-state index contributed by atoms with van der Waals surface area (Å²) < 4.78 is 46.9. The van der Waals surface area contributed by atoms with E-state index in [9.17, 15) is 33.0 Å². The van der Waals surface area contributed by atoms with Crippen molar-refractivity contribution < 1.29 is 42.4 Å². The standard InChI is InChI=1S/C35H33F3N6O6S/c36-35(37,38)50-26-16-9-10-22(20-26)21-28(45)39-27-19-18-25(41-42-27)15-7-8-17-29-43-44-34(51-29)40-32(47)31(24-13-5-2-6-14-24)49-33(48)30(46)23-11-3-1-4-12-23/h1-6,9-14,16,18-20,30-32,46-47H,7-8,15,17,21H2,(H,40,44)(H,39,42,45). The third-order valence-corrected chi connectivity index (χ3v) is 8.21. The van der Waals surface area contributed by atoms with Gasteiger partial charge in [0, 0.05) is 6.42 Å². The summed E-state index contributed by atoms with van der Waals surface area (Å²) in [7, 11) is 0. The predicted octanol–water partition coefficient (Wildman–Crippen LogP) is 5.72. The number of rotatable bonds is 16. The SMILES string of the molecule is O=C(Cc1cccc(OC(F)(F)F)c1)Nc1ccc(CCCCc2nnc(NC(O)C(OC(=O)C(O)c3ccccc3)c3ccccc3)s2)nn1. The molecule has 51 heavy (non-hydrogen) atoms. The Morgan fingerprint density at radius 1 is 0.804 bits per heavy atom. The van der Waals surface area contributed by atoms with Gasteiger partial charge in [-0.15, -0.1) is 28.5 Å². The van der Waals surface area contributed by atoms with E-state index in [1.54, 1.807) is 72.8 Å². The van der Waals surface area contributed by atoms with E-state index >= 15 is 0 Å². The lowest BCUT2D eigenvalue weighted by molar-refractivity contribution is -0.274. The van der Waals surface area contributed by atoms with Gasteiger partial charge in [0.2, 0.25) is 11.0 Å². The molecule has 3 aromatic carbocycles. The van der Waals surface area contributed by atoms with E-state index < -0.39 is 42.4 Å². The number of aryl methyl sites for hydroxylation is 2. The van der Waals surface area contributed by atoms with E-state index in [-0.39, 0.29) is 12.2 Å². The number of hydrogen-bond donors (Lipinski definition) is 4. The van der Waals surface area contributed by atoms with Gasteiger partial charge in [0.25, 0.3) is 0 Å². The first-order valence-corrected chi connectivity index (χ1v) is 16.6. The number of carbonyl (C=O) groups excluding carboxylic acids is 2. The molecule has 0 aliphatic carbocycles. The van der Waals surface area contributed by atoms with Crippen LogP contribution in [-0.4, -0.2) is 55.1 Å². The number of carbonyl (C=O) groups is 2. The van der Waals surface area contributed by atoms with Crippen molar-refractivity contribution in [1.82, 2.24) is 20.4 Å². The van der Waals surface area contributed by atoms with Crippen LogP contribution in [0.4, 0.5) is 24.1 Å². The van der Waals surface area contributed by atoms with Gasteiger partial charge in [-0.3, -0.25) is 4.79 Å². The molecule has 12 nitrogen and oxygen atoms in total. The lowest BCUT2D eigenvalue weighted by atomic mass is 10.1. The maximum Gasteiger partial charge on any atom is 0.573 e. The van der Waals surface area contributed by atoms with Crippen LogP contribution < -0.4 is 15.4 Å². The average molecular weight is 723 g/mol. The van der Waals surface area contributed by atoms with Crippen molar-refractivity contribution in [1.29, 1.82) is 0 Å². The van der Waals surface area contributed by atoms with Crippen LogP contribution in [0.1, 0.15) is 52.4 Å². The van der Waals surface area contributed by atoms with E-state index in [1.807, 2.05) is 0 Å². The van der Waals surface area contributed by atoms with Crippen LogP contribution in [0, 0.1) is 0 Å². The summed E-state index contributed by atoms with van der Waals surface area (Å²) in [5, 5.41) is 44.5. The lowest BCUT2D eigenvalue weighted by Crippen LogP contribution is -2.32. The first-order chi connectivity index (χ1) is 24.5. The Balaban J connectivity index is 1.06. The van der Waals surface area contributed by atoms with Crippen molar-refractivity contribution in [2.75, 3.05) is 10.6 Å². The smallest absolute Gasteiger partial charge is 0.450 e. The fourth-order valence-corrected chi connectivity index (χ4v) is 5.71. The molecular weight excluding hydrogens is 689 g/mol. The number of halogens is 3. The number of unbranched alkanes of at least 4 members (excludes halogenated alkanes) is 1. The van der Waals surface area contributed by atoms with Gasteiger partial charge < -0.3 is 30.3 Å². The highest BCUT2D eigenvalue weighted by atomic mass is 32.1. The van der Waals surface area contributed by atoms with Crippen LogP contribution in [0.3, 0.4) is 0 Å². The Morgan fingerprint density at radius 2 is 1.51 bits per heavy atom. The predicted molar refractivity (Wildman–Crippen MR) is 180 cm³/mol. The van der Waals surface area contributed by atoms with Crippen molar-refractivity contribution in [3.05, 3.63) is 124 Å². The highest BCUT2D eigenvalue weighted by Crippen LogP contribution is 2.28. The number of nitrogens with zero attached hydrogens (tertiary/aromatic N) is 4. The molecule has 4 N–H and O–H groups in total. The zero-order valence-electron chi connectivity index (χ0n) is 26.9. The molecule has 266 valence electrons. The highest BCUT2D eigenvalue weighted by Gasteiger charge is 2.31. The van der Waals surface area contributed by atoms with Crippen LogP contribution in [-0.2, 0) is 33.6 Å². The summed E-state index contributed by atoms with van der Waals surface area (Å²) in [5.41, 5.74) is 1.92. The number of benzene rings is 3. The van der Waals surface area contributed by atoms with Crippen LogP contribution in [0.5, 0.6) is 5.75 Å². The summed E-state index contributed by atoms with van der Waals surface area (Å²) in [4.78, 5) is 25.2. The summed E-state index contributed by atoms with van der Waals surface area (Å²) >= 11 is 1.24. The molecule has 1 amide bonds. The minimum absolute atomic E-state index is 0.180. The number of esters is 1. The number of alkyl halides is 3. The second-order valence-corrected chi connectivity index (χ2v) is 12.3. The van der Waals surface area contributed by atoms with Crippen LogP contribution in [0.15, 0.2) is 97.1 Å². The first kappa shape index (κ1) is 36.8. The lowest BCUT2D eigenvalue weighted by Gasteiger charge is -2.25. The minimum Gasteiger partial charge on any atom is -0.450 e. The number of aliphatic hydroxyl groups excluding tert-OH is 2. The van der Waals surface area contributed by atoms with Crippen molar-refractivity contribution in [2.45, 2.75) is 56.9 Å². The number of ether oxygens (including phenoxy) is 2. The van der Waals surface area contributed by atoms with Gasteiger partial charge in [-0.25, -0.2) is 4.79 Å². The Labute approximate surface area is 294 Å².